The van der Waals surface area contributed by atoms with Gasteiger partial charge in [0.1, 0.15) is 12.4 Å². The second kappa shape index (κ2) is 17.5. The van der Waals surface area contributed by atoms with E-state index < -0.39 is 5.97 Å². The Kier molecular flexibility index (Phi) is 14.5. The monoisotopic (exact) mass is 539 g/mol. The molecule has 0 aliphatic carbocycles. The Morgan fingerprint density at radius 1 is 0.872 bits per heavy atom. The van der Waals surface area contributed by atoms with E-state index in [1.165, 1.54) is 37.3 Å². The Morgan fingerprint density at radius 2 is 1.59 bits per heavy atom. The minimum absolute atomic E-state index is 0.0452. The fourth-order valence-electron chi connectivity index (χ4n) is 4.41. The van der Waals surface area contributed by atoms with E-state index in [2.05, 4.69) is 40.7 Å². The number of rotatable bonds is 18. The molecule has 1 heterocycles. The summed E-state index contributed by atoms with van der Waals surface area (Å²) < 4.78 is 19.3. The Hall–Kier alpha value is -3.02. The molecule has 0 fully saturated rings. The highest BCUT2D eigenvalue weighted by Gasteiger charge is 2.21. The smallest absolute Gasteiger partial charge is 0.308 e. The quantitative estimate of drug-likeness (QED) is 0.108. The van der Waals surface area contributed by atoms with Crippen LogP contribution in [0, 0.1) is 0 Å². The van der Waals surface area contributed by atoms with Gasteiger partial charge in [0.15, 0.2) is 5.75 Å². The number of esters is 1. The van der Waals surface area contributed by atoms with Crippen LogP contribution in [0.3, 0.4) is 0 Å². The molecule has 2 rings (SSSR count). The molecule has 6 heteroatoms. The molecule has 216 valence electrons. The number of benzene rings is 1. The molecule has 0 aliphatic heterocycles. The maximum absolute atomic E-state index is 13.7. The SMILES string of the molecule is CCCCCCCCn1c(=O)c(OC(C)=O)c(OC/C=C(\C)CCC=C(C)C)c2ccc(OCCCC)cc21. The average Bonchev–Trinajstić information content (AvgIpc) is 2.89. The van der Waals surface area contributed by atoms with Gasteiger partial charge in [0.25, 0.3) is 5.56 Å². The molecule has 0 spiro atoms. The third kappa shape index (κ3) is 10.9. The van der Waals surface area contributed by atoms with E-state index in [0.717, 1.165) is 55.8 Å². The van der Waals surface area contributed by atoms with Crippen LogP contribution in [-0.2, 0) is 11.3 Å². The molecule has 0 aliphatic rings. The van der Waals surface area contributed by atoms with E-state index >= 15 is 0 Å². The molecule has 2 aromatic rings. The number of carbonyl (C=O) groups excluding carboxylic acids is 1. The zero-order valence-electron chi connectivity index (χ0n) is 25.1. The van der Waals surface area contributed by atoms with Gasteiger partial charge < -0.3 is 18.8 Å². The Bertz CT molecular complexity index is 1170. The predicted octanol–water partition coefficient (Wildman–Crippen LogP) is 8.54. The van der Waals surface area contributed by atoms with Gasteiger partial charge in [-0.25, -0.2) is 0 Å². The van der Waals surface area contributed by atoms with Gasteiger partial charge in [-0.3, -0.25) is 9.59 Å². The molecular formula is C33H49NO5. The first kappa shape index (κ1) is 32.2. The summed E-state index contributed by atoms with van der Waals surface area (Å²) >= 11 is 0. The largest absolute Gasteiger partial charge is 0.494 e. The van der Waals surface area contributed by atoms with Gasteiger partial charge in [-0.1, -0.05) is 69.6 Å². The number of hydrogen-bond donors (Lipinski definition) is 0. The summed E-state index contributed by atoms with van der Waals surface area (Å²) in [5.41, 5.74) is 2.89. The van der Waals surface area contributed by atoms with Crippen LogP contribution < -0.4 is 19.8 Å². The summed E-state index contributed by atoms with van der Waals surface area (Å²) in [6, 6.07) is 5.71. The Morgan fingerprint density at radius 3 is 2.28 bits per heavy atom. The standard InChI is InChI=1S/C33H49NO5/c1-7-9-11-12-13-14-21-34-30-24-28(37-22-10-8-2)18-19-29(30)31(32(33(34)36)39-27(6)35)38-23-20-26(5)17-15-16-25(3)4/h16,18-20,24H,7-15,17,21-23H2,1-6H3/b26-20+. The molecule has 0 amide bonds. The number of carbonyl (C=O) groups is 1. The normalized spacial score (nSPS) is 11.5. The summed E-state index contributed by atoms with van der Waals surface area (Å²) in [6.45, 7) is 13.3. The van der Waals surface area contributed by atoms with Gasteiger partial charge >= 0.3 is 5.97 Å². The van der Waals surface area contributed by atoms with Crippen molar-refractivity contribution >= 4 is 16.9 Å². The molecule has 0 saturated carbocycles. The van der Waals surface area contributed by atoms with Crippen LogP contribution in [0.1, 0.15) is 106 Å². The molecule has 6 nitrogen and oxygen atoms in total. The molecule has 39 heavy (non-hydrogen) atoms. The second-order valence-corrected chi connectivity index (χ2v) is 10.5. The van der Waals surface area contributed by atoms with E-state index in [0.29, 0.717) is 24.7 Å². The lowest BCUT2D eigenvalue weighted by Crippen LogP contribution is -2.25. The fourth-order valence-corrected chi connectivity index (χ4v) is 4.41. The Labute approximate surface area is 235 Å². The molecule has 1 aromatic carbocycles. The van der Waals surface area contributed by atoms with Gasteiger partial charge in [0.05, 0.1) is 12.1 Å². The minimum Gasteiger partial charge on any atom is -0.494 e. The molecule has 0 N–H and O–H groups in total. The number of nitrogens with zero attached hydrogens (tertiary/aromatic N) is 1. The van der Waals surface area contributed by atoms with Crippen LogP contribution in [0.5, 0.6) is 17.2 Å². The highest BCUT2D eigenvalue weighted by Crippen LogP contribution is 2.35. The lowest BCUT2D eigenvalue weighted by molar-refractivity contribution is -0.132. The number of aryl methyl sites for hydroxylation is 1. The van der Waals surface area contributed by atoms with Crippen molar-refractivity contribution in [3.05, 3.63) is 51.9 Å². The number of aromatic nitrogens is 1. The van der Waals surface area contributed by atoms with Gasteiger partial charge in [-0.05, 0) is 64.7 Å². The van der Waals surface area contributed by atoms with Crippen LogP contribution in [0.25, 0.3) is 10.9 Å². The van der Waals surface area contributed by atoms with Crippen LogP contribution in [0.2, 0.25) is 0 Å². The maximum atomic E-state index is 13.7. The van der Waals surface area contributed by atoms with Crippen molar-refractivity contribution < 1.29 is 19.0 Å². The van der Waals surface area contributed by atoms with Crippen LogP contribution in [0.15, 0.2) is 46.3 Å². The first-order valence-corrected chi connectivity index (χ1v) is 14.7. The molecule has 0 bridgehead atoms. The third-order valence-corrected chi connectivity index (χ3v) is 6.65. The number of unbranched alkanes of at least 4 members (excludes halogenated alkanes) is 6. The number of pyridine rings is 1. The highest BCUT2D eigenvalue weighted by molar-refractivity contribution is 5.90. The predicted molar refractivity (Wildman–Crippen MR) is 161 cm³/mol. The summed E-state index contributed by atoms with van der Waals surface area (Å²) in [7, 11) is 0. The molecule has 0 radical (unpaired) electrons. The summed E-state index contributed by atoms with van der Waals surface area (Å²) in [5, 5.41) is 0.732. The first-order chi connectivity index (χ1) is 18.8. The number of hydrogen-bond acceptors (Lipinski definition) is 5. The van der Waals surface area contributed by atoms with Crippen LogP contribution in [0.4, 0.5) is 0 Å². The van der Waals surface area contributed by atoms with Gasteiger partial charge in [-0.15, -0.1) is 0 Å². The topological polar surface area (TPSA) is 66.8 Å². The number of fused-ring (bicyclic) bond motifs is 1. The fraction of sp³-hybridized carbons (Fsp3) is 0.576. The maximum Gasteiger partial charge on any atom is 0.308 e. The van der Waals surface area contributed by atoms with Crippen molar-refractivity contribution in [2.75, 3.05) is 13.2 Å². The molecule has 1 aromatic heterocycles. The minimum atomic E-state index is -0.546. The molecule has 0 atom stereocenters. The van der Waals surface area contributed by atoms with E-state index in [9.17, 15) is 9.59 Å². The van der Waals surface area contributed by atoms with Crippen LogP contribution in [-0.4, -0.2) is 23.8 Å². The second-order valence-electron chi connectivity index (χ2n) is 10.5. The van der Waals surface area contributed by atoms with E-state index in [1.807, 2.05) is 24.3 Å². The van der Waals surface area contributed by atoms with Gasteiger partial charge in [-0.2, -0.15) is 0 Å². The molecule has 0 unspecified atom stereocenters. The summed E-state index contributed by atoms with van der Waals surface area (Å²) in [4.78, 5) is 25.7. The first-order valence-electron chi connectivity index (χ1n) is 14.7. The molecule has 0 saturated heterocycles. The Balaban J connectivity index is 2.45. The van der Waals surface area contributed by atoms with E-state index in [1.54, 1.807) is 4.57 Å². The third-order valence-electron chi connectivity index (χ3n) is 6.65. The zero-order chi connectivity index (χ0) is 28.6. The highest BCUT2D eigenvalue weighted by atomic mass is 16.6. The van der Waals surface area contributed by atoms with Crippen LogP contribution >= 0.6 is 0 Å². The lowest BCUT2D eigenvalue weighted by atomic mass is 10.1. The van der Waals surface area contributed by atoms with Crippen molar-refractivity contribution in [1.82, 2.24) is 4.57 Å². The van der Waals surface area contributed by atoms with E-state index in [-0.39, 0.29) is 17.9 Å². The lowest BCUT2D eigenvalue weighted by Gasteiger charge is -2.18. The zero-order valence-corrected chi connectivity index (χ0v) is 25.1. The van der Waals surface area contributed by atoms with Crippen molar-refractivity contribution in [3.8, 4) is 17.2 Å². The number of ether oxygens (including phenoxy) is 3. The van der Waals surface area contributed by atoms with Crippen molar-refractivity contribution in [2.24, 2.45) is 0 Å². The van der Waals surface area contributed by atoms with Crippen molar-refractivity contribution in [2.45, 2.75) is 112 Å². The molecular weight excluding hydrogens is 490 g/mol. The van der Waals surface area contributed by atoms with Crippen molar-refractivity contribution in [3.63, 3.8) is 0 Å². The van der Waals surface area contributed by atoms with Gasteiger partial charge in [0.2, 0.25) is 5.75 Å². The summed E-state index contributed by atoms with van der Waals surface area (Å²) in [5.74, 6) is 0.428. The average molecular weight is 540 g/mol. The van der Waals surface area contributed by atoms with E-state index in [4.69, 9.17) is 14.2 Å². The summed E-state index contributed by atoms with van der Waals surface area (Å²) in [6.07, 6.45) is 14.8. The van der Waals surface area contributed by atoms with Crippen molar-refractivity contribution in [1.29, 1.82) is 0 Å². The van der Waals surface area contributed by atoms with Gasteiger partial charge in [0, 0.05) is 24.9 Å². The number of allylic oxidation sites excluding steroid dienone is 3.